The van der Waals surface area contributed by atoms with Gasteiger partial charge in [0.1, 0.15) is 0 Å². The summed E-state index contributed by atoms with van der Waals surface area (Å²) in [5, 5.41) is 7.92. The lowest BCUT2D eigenvalue weighted by Crippen LogP contribution is -2.34. The molecule has 1 amide bonds. The second kappa shape index (κ2) is 9.56. The average Bonchev–Trinajstić information content (AvgIpc) is 3.24. The van der Waals surface area contributed by atoms with Crippen molar-refractivity contribution in [3.05, 3.63) is 89.7 Å². The monoisotopic (exact) mass is 412 g/mol. The Labute approximate surface area is 183 Å². The number of hydrogen-bond donors (Lipinski definition) is 1. The van der Waals surface area contributed by atoms with Crippen molar-refractivity contribution >= 4 is 11.6 Å². The predicted octanol–water partition coefficient (Wildman–Crippen LogP) is 5.10. The zero-order chi connectivity index (χ0) is 21.6. The molecule has 1 atom stereocenters. The Kier molecular flexibility index (Phi) is 6.41. The van der Waals surface area contributed by atoms with Crippen molar-refractivity contribution in [2.24, 2.45) is 0 Å². The number of fused-ring (bicyclic) bond motifs is 1. The van der Waals surface area contributed by atoms with Crippen LogP contribution in [0, 0.1) is 0 Å². The number of carbonyl (C=O) groups excluding carboxylic acids is 1. The highest BCUT2D eigenvalue weighted by Crippen LogP contribution is 2.21. The van der Waals surface area contributed by atoms with Gasteiger partial charge in [0.2, 0.25) is 0 Å². The second-order valence-electron chi connectivity index (χ2n) is 7.93. The lowest BCUT2D eigenvalue weighted by atomic mass is 10.1. The lowest BCUT2D eigenvalue weighted by Gasteiger charge is -2.16. The number of carbonyl (C=O) groups is 1. The molecule has 2 aromatic carbocycles. The first-order chi connectivity index (χ1) is 15.2. The van der Waals surface area contributed by atoms with Gasteiger partial charge in [0.25, 0.3) is 5.91 Å². The number of nitrogens with zero attached hydrogens (tertiary/aromatic N) is 3. The second-order valence-corrected chi connectivity index (χ2v) is 7.93. The number of rotatable bonds is 8. The van der Waals surface area contributed by atoms with E-state index in [4.69, 9.17) is 5.10 Å². The first-order valence-electron chi connectivity index (χ1n) is 10.9. The van der Waals surface area contributed by atoms with Crippen LogP contribution in [0.1, 0.15) is 48.3 Å². The molecule has 1 N–H and O–H groups in total. The zero-order valence-corrected chi connectivity index (χ0v) is 18.1. The molecule has 31 heavy (non-hydrogen) atoms. The minimum absolute atomic E-state index is 0.0652. The molecule has 0 saturated heterocycles. The summed E-state index contributed by atoms with van der Waals surface area (Å²) in [6.07, 6.45) is 5.19. The Hall–Kier alpha value is -3.47. The van der Waals surface area contributed by atoms with Gasteiger partial charge in [-0.05, 0) is 31.7 Å². The van der Waals surface area contributed by atoms with E-state index in [0.29, 0.717) is 5.56 Å². The normalized spacial score (nSPS) is 12.1. The van der Waals surface area contributed by atoms with Crippen molar-refractivity contribution < 1.29 is 4.79 Å². The fourth-order valence-electron chi connectivity index (χ4n) is 3.80. The lowest BCUT2D eigenvalue weighted by molar-refractivity contribution is 0.0936. The van der Waals surface area contributed by atoms with Gasteiger partial charge in [-0.3, -0.25) is 4.79 Å². The summed E-state index contributed by atoms with van der Waals surface area (Å²) in [6.45, 7) is 4.16. The highest BCUT2D eigenvalue weighted by molar-refractivity contribution is 5.95. The van der Waals surface area contributed by atoms with Crippen LogP contribution in [0.4, 0.5) is 0 Å². The number of nitrogens with one attached hydrogen (secondary N) is 1. The molecule has 4 rings (SSSR count). The predicted molar refractivity (Wildman–Crippen MR) is 124 cm³/mol. The van der Waals surface area contributed by atoms with Crippen LogP contribution in [0.5, 0.6) is 0 Å². The third-order valence-corrected chi connectivity index (χ3v) is 5.47. The van der Waals surface area contributed by atoms with Gasteiger partial charge in [-0.2, -0.15) is 5.10 Å². The SMILES string of the molecule is CCCc1c(C(=O)NC(C)CCc2ccccc2)cnc2cc(-c3ccccc3)nn12. The molecule has 0 saturated carbocycles. The third-order valence-electron chi connectivity index (χ3n) is 5.47. The highest BCUT2D eigenvalue weighted by atomic mass is 16.1. The standard InChI is InChI=1S/C26H28N4O/c1-3-10-24-22(26(31)28-19(2)15-16-20-11-6-4-7-12-20)18-27-25-17-23(29-30(24)25)21-13-8-5-9-14-21/h4-9,11-14,17-19H,3,10,15-16H2,1-2H3,(H,28,31). The van der Waals surface area contributed by atoms with E-state index >= 15 is 0 Å². The minimum Gasteiger partial charge on any atom is -0.349 e. The molecule has 0 aliphatic carbocycles. The van der Waals surface area contributed by atoms with E-state index in [1.54, 1.807) is 6.20 Å². The molecule has 158 valence electrons. The summed E-state index contributed by atoms with van der Waals surface area (Å²) in [7, 11) is 0. The Bertz CT molecular complexity index is 1150. The number of hydrogen-bond acceptors (Lipinski definition) is 3. The first kappa shape index (κ1) is 20.8. The van der Waals surface area contributed by atoms with Crippen LogP contribution in [-0.2, 0) is 12.8 Å². The Morgan fingerprint density at radius 2 is 1.74 bits per heavy atom. The first-order valence-corrected chi connectivity index (χ1v) is 10.9. The van der Waals surface area contributed by atoms with E-state index in [0.717, 1.165) is 48.3 Å². The van der Waals surface area contributed by atoms with Gasteiger partial charge in [0.15, 0.2) is 5.65 Å². The van der Waals surface area contributed by atoms with Crippen LogP contribution in [0.2, 0.25) is 0 Å². The van der Waals surface area contributed by atoms with E-state index < -0.39 is 0 Å². The van der Waals surface area contributed by atoms with Crippen LogP contribution in [-0.4, -0.2) is 26.5 Å². The van der Waals surface area contributed by atoms with Crippen LogP contribution in [0.15, 0.2) is 72.9 Å². The molecule has 0 fully saturated rings. The van der Waals surface area contributed by atoms with Crippen molar-refractivity contribution in [3.8, 4) is 11.3 Å². The molecule has 0 aliphatic heterocycles. The zero-order valence-electron chi connectivity index (χ0n) is 18.1. The van der Waals surface area contributed by atoms with E-state index in [-0.39, 0.29) is 11.9 Å². The van der Waals surface area contributed by atoms with E-state index in [1.165, 1.54) is 5.56 Å². The molecule has 0 bridgehead atoms. The maximum Gasteiger partial charge on any atom is 0.254 e. The average molecular weight is 413 g/mol. The summed E-state index contributed by atoms with van der Waals surface area (Å²) < 4.78 is 1.83. The van der Waals surface area contributed by atoms with Crippen molar-refractivity contribution in [3.63, 3.8) is 0 Å². The fraction of sp³-hybridized carbons (Fsp3) is 0.269. The third kappa shape index (κ3) is 4.82. The summed E-state index contributed by atoms with van der Waals surface area (Å²) in [5.74, 6) is -0.0878. The summed E-state index contributed by atoms with van der Waals surface area (Å²) >= 11 is 0. The van der Waals surface area contributed by atoms with Crippen LogP contribution in [0.3, 0.4) is 0 Å². The smallest absolute Gasteiger partial charge is 0.254 e. The number of amides is 1. The van der Waals surface area contributed by atoms with Gasteiger partial charge < -0.3 is 5.32 Å². The van der Waals surface area contributed by atoms with E-state index in [9.17, 15) is 4.79 Å². The Balaban J connectivity index is 1.55. The Morgan fingerprint density at radius 3 is 2.45 bits per heavy atom. The van der Waals surface area contributed by atoms with E-state index in [2.05, 4.69) is 29.4 Å². The van der Waals surface area contributed by atoms with Crippen molar-refractivity contribution in [2.75, 3.05) is 0 Å². The van der Waals surface area contributed by atoms with Gasteiger partial charge in [-0.25, -0.2) is 9.50 Å². The molecule has 2 aromatic heterocycles. The number of aryl methyl sites for hydroxylation is 2. The fourth-order valence-corrected chi connectivity index (χ4v) is 3.80. The van der Waals surface area contributed by atoms with Gasteiger partial charge in [0.05, 0.1) is 17.0 Å². The maximum atomic E-state index is 13.1. The molecule has 4 aromatic rings. The molecule has 1 unspecified atom stereocenters. The molecule has 5 heteroatoms. The van der Waals surface area contributed by atoms with Crippen molar-refractivity contribution in [1.82, 2.24) is 19.9 Å². The molecule has 0 aliphatic rings. The topological polar surface area (TPSA) is 59.3 Å². The number of aromatic nitrogens is 3. The molecule has 5 nitrogen and oxygen atoms in total. The molecule has 2 heterocycles. The van der Waals surface area contributed by atoms with E-state index in [1.807, 2.05) is 66.0 Å². The molecule has 0 spiro atoms. The summed E-state index contributed by atoms with van der Waals surface area (Å²) in [6, 6.07) is 22.4. The van der Waals surface area contributed by atoms with Gasteiger partial charge >= 0.3 is 0 Å². The highest BCUT2D eigenvalue weighted by Gasteiger charge is 2.19. The quantitative estimate of drug-likeness (QED) is 0.438. The van der Waals surface area contributed by atoms with Gasteiger partial charge in [-0.1, -0.05) is 74.0 Å². The number of benzene rings is 2. The van der Waals surface area contributed by atoms with Crippen molar-refractivity contribution in [1.29, 1.82) is 0 Å². The van der Waals surface area contributed by atoms with Crippen LogP contribution in [0.25, 0.3) is 16.9 Å². The largest absolute Gasteiger partial charge is 0.349 e. The summed E-state index contributed by atoms with van der Waals surface area (Å²) in [4.78, 5) is 17.6. The Morgan fingerprint density at radius 1 is 1.03 bits per heavy atom. The minimum atomic E-state index is -0.0878. The molecular weight excluding hydrogens is 384 g/mol. The van der Waals surface area contributed by atoms with Crippen LogP contribution < -0.4 is 5.32 Å². The van der Waals surface area contributed by atoms with Gasteiger partial charge in [-0.15, -0.1) is 0 Å². The maximum absolute atomic E-state index is 13.1. The van der Waals surface area contributed by atoms with Crippen LogP contribution >= 0.6 is 0 Å². The summed E-state index contributed by atoms with van der Waals surface area (Å²) in [5.41, 5.74) is 5.45. The molecular formula is C26H28N4O. The molecule has 0 radical (unpaired) electrons. The van der Waals surface area contributed by atoms with Gasteiger partial charge in [0, 0.05) is 23.9 Å². The van der Waals surface area contributed by atoms with Crippen molar-refractivity contribution in [2.45, 2.75) is 45.6 Å².